The minimum atomic E-state index is -0.720. The first kappa shape index (κ1) is 21.6. The van der Waals surface area contributed by atoms with Crippen LogP contribution in [0.1, 0.15) is 69.5 Å². The van der Waals surface area contributed by atoms with Gasteiger partial charge in [-0.2, -0.15) is 15.3 Å². The van der Waals surface area contributed by atoms with Gasteiger partial charge in [-0.25, -0.2) is 4.98 Å². The van der Waals surface area contributed by atoms with Crippen LogP contribution >= 0.6 is 0 Å². The van der Waals surface area contributed by atoms with E-state index in [1.165, 1.54) is 38.5 Å². The summed E-state index contributed by atoms with van der Waals surface area (Å²) in [5, 5.41) is 20.5. The number of rotatable bonds is 8. The molecule has 0 aromatic carbocycles. The van der Waals surface area contributed by atoms with Crippen LogP contribution in [0.3, 0.4) is 0 Å². The minimum Gasteiger partial charge on any atom is -0.477 e. The van der Waals surface area contributed by atoms with Gasteiger partial charge in [0.25, 0.3) is 0 Å². The van der Waals surface area contributed by atoms with E-state index in [1.54, 1.807) is 4.68 Å². The van der Waals surface area contributed by atoms with Crippen LogP contribution < -0.4 is 15.4 Å². The predicted molar refractivity (Wildman–Crippen MR) is 119 cm³/mol. The zero-order valence-electron chi connectivity index (χ0n) is 19.0. The second-order valence-corrected chi connectivity index (χ2v) is 9.41. The molecule has 0 atom stereocenters. The highest BCUT2D eigenvalue weighted by atomic mass is 16.5. The van der Waals surface area contributed by atoms with Crippen molar-refractivity contribution in [1.29, 1.82) is 5.26 Å². The minimum absolute atomic E-state index is 0.496. The Morgan fingerprint density at radius 3 is 2.61 bits per heavy atom. The predicted octanol–water partition coefficient (Wildman–Crippen LogP) is 4.02. The van der Waals surface area contributed by atoms with Crippen LogP contribution in [0.5, 0.6) is 5.88 Å². The number of nitrogens with zero attached hydrogens (tertiary/aromatic N) is 5. The molecule has 0 spiro atoms. The van der Waals surface area contributed by atoms with E-state index in [9.17, 15) is 5.26 Å². The fourth-order valence-corrected chi connectivity index (χ4v) is 4.08. The molecule has 2 aliphatic rings. The second-order valence-electron chi connectivity index (χ2n) is 9.41. The van der Waals surface area contributed by atoms with E-state index in [2.05, 4.69) is 26.8 Å². The van der Waals surface area contributed by atoms with E-state index in [0.717, 1.165) is 16.9 Å². The molecule has 0 bridgehead atoms. The lowest BCUT2D eigenvalue weighted by molar-refractivity contribution is 0.187. The smallest absolute Gasteiger partial charge is 0.230 e. The van der Waals surface area contributed by atoms with Crippen LogP contribution in [0.2, 0.25) is 0 Å². The Labute approximate surface area is 184 Å². The topological polar surface area (TPSA) is 101 Å². The van der Waals surface area contributed by atoms with E-state index < -0.39 is 5.54 Å². The molecule has 8 nitrogen and oxygen atoms in total. The number of nitriles is 1. The third-order valence-corrected chi connectivity index (χ3v) is 6.50. The van der Waals surface area contributed by atoms with Crippen molar-refractivity contribution < 1.29 is 4.74 Å². The van der Waals surface area contributed by atoms with Crippen molar-refractivity contribution in [1.82, 2.24) is 25.1 Å². The summed E-state index contributed by atoms with van der Waals surface area (Å²) in [6.07, 6.45) is 10.9. The van der Waals surface area contributed by atoms with Gasteiger partial charge in [0, 0.05) is 17.8 Å². The van der Waals surface area contributed by atoms with Crippen LogP contribution in [-0.4, -0.2) is 39.4 Å². The number of hydrogen-bond donors (Lipinski definition) is 2. The van der Waals surface area contributed by atoms with Crippen LogP contribution in [-0.2, 0) is 5.54 Å². The fourth-order valence-electron chi connectivity index (χ4n) is 4.08. The van der Waals surface area contributed by atoms with Gasteiger partial charge in [-0.1, -0.05) is 0 Å². The highest BCUT2D eigenvalue weighted by molar-refractivity contribution is 5.56. The summed E-state index contributed by atoms with van der Waals surface area (Å²) in [6, 6.07) is 2.91. The molecule has 0 unspecified atom stereocenters. The van der Waals surface area contributed by atoms with E-state index in [-0.39, 0.29) is 0 Å². The summed E-state index contributed by atoms with van der Waals surface area (Å²) >= 11 is 0. The summed E-state index contributed by atoms with van der Waals surface area (Å²) in [6.45, 7) is 6.28. The highest BCUT2D eigenvalue weighted by Crippen LogP contribution is 2.44. The number of hydrogen-bond acceptors (Lipinski definition) is 7. The molecule has 2 aliphatic carbocycles. The molecule has 2 heterocycles. The van der Waals surface area contributed by atoms with Gasteiger partial charge < -0.3 is 15.4 Å². The quantitative estimate of drug-likeness (QED) is 0.661. The average Bonchev–Trinajstić information content (AvgIpc) is 3.56. The van der Waals surface area contributed by atoms with Crippen molar-refractivity contribution >= 4 is 11.6 Å². The fraction of sp³-hybridized carbons (Fsp3) is 0.652. The van der Waals surface area contributed by atoms with Crippen LogP contribution in [0.25, 0.3) is 0 Å². The Bertz CT molecular complexity index is 949. The lowest BCUT2D eigenvalue weighted by atomic mass is 9.87. The van der Waals surface area contributed by atoms with Crippen molar-refractivity contribution in [3.05, 3.63) is 23.7 Å². The highest BCUT2D eigenvalue weighted by Gasteiger charge is 2.29. The molecule has 2 fully saturated rings. The summed E-state index contributed by atoms with van der Waals surface area (Å²) in [5.74, 6) is 2.30. The van der Waals surface area contributed by atoms with Gasteiger partial charge in [-0.05, 0) is 78.2 Å². The Hall–Kier alpha value is -2.66. The lowest BCUT2D eigenvalue weighted by Crippen LogP contribution is -2.31. The Morgan fingerprint density at radius 2 is 1.97 bits per heavy atom. The van der Waals surface area contributed by atoms with E-state index in [1.807, 2.05) is 40.2 Å². The molecule has 0 saturated heterocycles. The maximum atomic E-state index is 9.38. The molecular formula is C23H33N7O. The Kier molecular flexibility index (Phi) is 6.15. The third-order valence-electron chi connectivity index (χ3n) is 6.50. The Morgan fingerprint density at radius 1 is 1.23 bits per heavy atom. The molecule has 166 valence electrons. The van der Waals surface area contributed by atoms with Crippen LogP contribution in [0.15, 0.2) is 12.4 Å². The summed E-state index contributed by atoms with van der Waals surface area (Å²) in [7, 11) is 2.05. The normalized spacial score (nSPS) is 21.5. The first-order valence-corrected chi connectivity index (χ1v) is 11.3. The molecule has 0 radical (unpaired) electrons. The van der Waals surface area contributed by atoms with Crippen molar-refractivity contribution in [2.75, 3.05) is 19.0 Å². The van der Waals surface area contributed by atoms with Crippen LogP contribution in [0, 0.1) is 24.2 Å². The molecular weight excluding hydrogens is 390 g/mol. The maximum Gasteiger partial charge on any atom is 0.230 e. The van der Waals surface area contributed by atoms with Gasteiger partial charge >= 0.3 is 0 Å². The Balaban J connectivity index is 1.47. The van der Waals surface area contributed by atoms with E-state index in [0.29, 0.717) is 36.3 Å². The van der Waals surface area contributed by atoms with Gasteiger partial charge in [0.2, 0.25) is 11.8 Å². The summed E-state index contributed by atoms with van der Waals surface area (Å²) < 4.78 is 7.93. The summed E-state index contributed by atoms with van der Waals surface area (Å²) in [4.78, 5) is 9.25. The molecule has 2 N–H and O–H groups in total. The van der Waals surface area contributed by atoms with Crippen molar-refractivity contribution in [2.45, 2.75) is 76.8 Å². The molecule has 8 heteroatoms. The molecule has 31 heavy (non-hydrogen) atoms. The van der Waals surface area contributed by atoms with E-state index >= 15 is 0 Å². The van der Waals surface area contributed by atoms with Crippen molar-refractivity contribution in [3.63, 3.8) is 0 Å². The van der Waals surface area contributed by atoms with E-state index in [4.69, 9.17) is 9.72 Å². The van der Waals surface area contributed by atoms with Gasteiger partial charge in [0.1, 0.15) is 5.54 Å². The first-order chi connectivity index (χ1) is 14.9. The zero-order chi connectivity index (χ0) is 22.0. The zero-order valence-corrected chi connectivity index (χ0v) is 19.0. The van der Waals surface area contributed by atoms with Crippen molar-refractivity contribution in [3.8, 4) is 11.9 Å². The average molecular weight is 424 g/mol. The number of anilines is 2. The SMILES string of the molecule is CNC1CCC(COc2nc(Nc3cn(C(C)(C)C#N)nc3C)ncc2C2CC2)CC1. The monoisotopic (exact) mass is 423 g/mol. The van der Waals surface area contributed by atoms with Gasteiger partial charge in [0.05, 0.1) is 30.3 Å². The largest absolute Gasteiger partial charge is 0.477 e. The molecule has 0 amide bonds. The maximum absolute atomic E-state index is 9.38. The van der Waals surface area contributed by atoms with Gasteiger partial charge in [-0.15, -0.1) is 0 Å². The number of nitrogens with one attached hydrogen (secondary N) is 2. The standard InChI is InChI=1S/C23H33N7O/c1-15-20(12-30(29-15)23(2,3)14-24)27-22-26-11-19(17-7-8-17)21(28-22)31-13-16-5-9-18(25-4)10-6-16/h11-12,16-18,25H,5-10,13H2,1-4H3,(H,26,27,28). The van der Waals surface area contributed by atoms with Crippen molar-refractivity contribution in [2.24, 2.45) is 5.92 Å². The lowest BCUT2D eigenvalue weighted by Gasteiger charge is -2.28. The van der Waals surface area contributed by atoms with Gasteiger partial charge in [0.15, 0.2) is 0 Å². The number of aromatic nitrogens is 4. The number of ether oxygens (including phenoxy) is 1. The first-order valence-electron chi connectivity index (χ1n) is 11.3. The molecule has 0 aliphatic heterocycles. The summed E-state index contributed by atoms with van der Waals surface area (Å²) in [5.41, 5.74) is 1.98. The second kappa shape index (κ2) is 8.83. The molecule has 4 rings (SSSR count). The molecule has 2 saturated carbocycles. The third kappa shape index (κ3) is 4.99. The molecule has 2 aromatic rings. The van der Waals surface area contributed by atoms with Gasteiger partial charge in [-0.3, -0.25) is 4.68 Å². The molecule has 2 aromatic heterocycles. The number of aryl methyl sites for hydroxylation is 1. The van der Waals surface area contributed by atoms with Crippen LogP contribution in [0.4, 0.5) is 11.6 Å².